The molecule has 140 valence electrons. The van der Waals surface area contributed by atoms with E-state index >= 15 is 0 Å². The highest BCUT2D eigenvalue weighted by Gasteiger charge is 2.37. The second-order valence-electron chi connectivity index (χ2n) is 6.73. The molecule has 1 aliphatic rings. The van der Waals surface area contributed by atoms with Crippen LogP contribution in [0.2, 0.25) is 5.02 Å². The number of ketones is 2. The van der Waals surface area contributed by atoms with Crippen molar-refractivity contribution in [1.82, 2.24) is 0 Å². The number of fused-ring (bicyclic) bond motifs is 2. The van der Waals surface area contributed by atoms with E-state index in [2.05, 4.69) is 15.9 Å². The van der Waals surface area contributed by atoms with Gasteiger partial charge in [0.2, 0.25) is 5.78 Å². The third kappa shape index (κ3) is 2.87. The SMILES string of the molecule is O=C1c2ccccc2C(=O)c2c1oc(-c1ccc(Br)cc1)c2-c1ccc(Cl)cc1. The molecular formula is C24H12BrClO3. The van der Waals surface area contributed by atoms with Gasteiger partial charge >= 0.3 is 0 Å². The van der Waals surface area contributed by atoms with Crippen molar-refractivity contribution in [1.29, 1.82) is 0 Å². The summed E-state index contributed by atoms with van der Waals surface area (Å²) in [5.41, 5.74) is 3.20. The standard InChI is InChI=1S/C24H12BrClO3/c25-15-9-5-14(6-10-15)23-19(13-7-11-16(26)12-8-13)20-21(27)17-3-1-2-4-18(17)22(28)24(20)29-23/h1-12H. The maximum absolute atomic E-state index is 13.4. The molecular weight excluding hydrogens is 452 g/mol. The normalized spacial score (nSPS) is 12.6. The number of benzene rings is 3. The lowest BCUT2D eigenvalue weighted by molar-refractivity contribution is 0.0961. The van der Waals surface area contributed by atoms with Crippen molar-refractivity contribution in [3.05, 3.63) is 105 Å². The van der Waals surface area contributed by atoms with Gasteiger partial charge in [0.05, 0.1) is 5.56 Å². The van der Waals surface area contributed by atoms with E-state index in [-0.39, 0.29) is 17.3 Å². The van der Waals surface area contributed by atoms with Crippen molar-refractivity contribution in [3.8, 4) is 22.5 Å². The van der Waals surface area contributed by atoms with Crippen molar-refractivity contribution < 1.29 is 14.0 Å². The molecule has 3 aromatic carbocycles. The van der Waals surface area contributed by atoms with Gasteiger partial charge in [-0.2, -0.15) is 0 Å². The Hall–Kier alpha value is -2.95. The fraction of sp³-hybridized carbons (Fsp3) is 0. The molecule has 0 spiro atoms. The van der Waals surface area contributed by atoms with Crippen LogP contribution in [0, 0.1) is 0 Å². The van der Waals surface area contributed by atoms with Crippen LogP contribution in [0.25, 0.3) is 22.5 Å². The maximum Gasteiger partial charge on any atom is 0.229 e. The Kier molecular flexibility index (Phi) is 4.26. The minimum Gasteiger partial charge on any atom is -0.451 e. The smallest absolute Gasteiger partial charge is 0.229 e. The lowest BCUT2D eigenvalue weighted by Crippen LogP contribution is -2.19. The topological polar surface area (TPSA) is 47.3 Å². The Bertz CT molecular complexity index is 1280. The lowest BCUT2D eigenvalue weighted by atomic mass is 9.84. The Morgan fingerprint density at radius 1 is 0.655 bits per heavy atom. The van der Waals surface area contributed by atoms with Gasteiger partial charge in [0.25, 0.3) is 0 Å². The molecule has 5 rings (SSSR count). The molecule has 1 aliphatic carbocycles. The molecule has 0 unspecified atom stereocenters. The zero-order chi connectivity index (χ0) is 20.1. The molecule has 1 aromatic heterocycles. The van der Waals surface area contributed by atoms with Gasteiger partial charge in [-0.3, -0.25) is 9.59 Å². The van der Waals surface area contributed by atoms with Gasteiger partial charge in [0.1, 0.15) is 5.76 Å². The second kappa shape index (κ2) is 6.83. The minimum absolute atomic E-state index is 0.0802. The van der Waals surface area contributed by atoms with E-state index in [4.69, 9.17) is 16.0 Å². The van der Waals surface area contributed by atoms with Crippen molar-refractivity contribution in [2.75, 3.05) is 0 Å². The quantitative estimate of drug-likeness (QED) is 0.289. The van der Waals surface area contributed by atoms with E-state index in [0.29, 0.717) is 33.0 Å². The van der Waals surface area contributed by atoms with E-state index < -0.39 is 0 Å². The van der Waals surface area contributed by atoms with E-state index in [1.54, 1.807) is 36.4 Å². The first kappa shape index (κ1) is 18.1. The summed E-state index contributed by atoms with van der Waals surface area (Å²) in [4.78, 5) is 26.5. The van der Waals surface area contributed by atoms with Crippen LogP contribution in [0.1, 0.15) is 32.0 Å². The summed E-state index contributed by atoms with van der Waals surface area (Å²) < 4.78 is 6.99. The Morgan fingerprint density at radius 3 is 1.90 bits per heavy atom. The highest BCUT2D eigenvalue weighted by molar-refractivity contribution is 9.10. The zero-order valence-electron chi connectivity index (χ0n) is 14.9. The minimum atomic E-state index is -0.284. The third-order valence-corrected chi connectivity index (χ3v) is 5.78. The zero-order valence-corrected chi connectivity index (χ0v) is 17.3. The first-order valence-electron chi connectivity index (χ1n) is 8.91. The number of rotatable bonds is 2. The van der Waals surface area contributed by atoms with Crippen LogP contribution >= 0.6 is 27.5 Å². The Labute approximate surface area is 180 Å². The summed E-state index contributed by atoms with van der Waals surface area (Å²) in [5, 5.41) is 0.587. The number of carbonyl (C=O) groups excluding carboxylic acids is 2. The Morgan fingerprint density at radius 2 is 1.24 bits per heavy atom. The van der Waals surface area contributed by atoms with Crippen molar-refractivity contribution in [3.63, 3.8) is 0 Å². The maximum atomic E-state index is 13.4. The summed E-state index contributed by atoms with van der Waals surface area (Å²) in [6, 6.07) is 21.5. The highest BCUT2D eigenvalue weighted by Crippen LogP contribution is 2.43. The van der Waals surface area contributed by atoms with Gasteiger partial charge < -0.3 is 4.42 Å². The molecule has 0 aliphatic heterocycles. The fourth-order valence-electron chi connectivity index (χ4n) is 3.64. The number of hydrogen-bond donors (Lipinski definition) is 0. The number of carbonyl (C=O) groups is 2. The van der Waals surface area contributed by atoms with E-state index in [1.165, 1.54) is 0 Å². The van der Waals surface area contributed by atoms with Crippen LogP contribution in [-0.2, 0) is 0 Å². The van der Waals surface area contributed by atoms with Gasteiger partial charge in [0, 0.05) is 31.7 Å². The van der Waals surface area contributed by atoms with Crippen LogP contribution < -0.4 is 0 Å². The summed E-state index contributed by atoms with van der Waals surface area (Å²) in [5.74, 6) is 0.0666. The summed E-state index contributed by atoms with van der Waals surface area (Å²) >= 11 is 9.49. The van der Waals surface area contributed by atoms with Gasteiger partial charge in [-0.05, 0) is 29.8 Å². The predicted molar refractivity (Wildman–Crippen MR) is 116 cm³/mol. The molecule has 0 amide bonds. The molecule has 5 heteroatoms. The molecule has 3 nitrogen and oxygen atoms in total. The van der Waals surface area contributed by atoms with Crippen LogP contribution in [0.15, 0.2) is 81.7 Å². The van der Waals surface area contributed by atoms with Crippen LogP contribution in [0.5, 0.6) is 0 Å². The van der Waals surface area contributed by atoms with Gasteiger partial charge in [-0.25, -0.2) is 0 Å². The average molecular weight is 464 g/mol. The number of hydrogen-bond acceptors (Lipinski definition) is 3. The number of furan rings is 1. The molecule has 4 aromatic rings. The first-order chi connectivity index (χ1) is 14.0. The first-order valence-corrected chi connectivity index (χ1v) is 10.1. The van der Waals surface area contributed by atoms with Crippen LogP contribution in [0.4, 0.5) is 0 Å². The fourth-order valence-corrected chi connectivity index (χ4v) is 4.03. The van der Waals surface area contributed by atoms with E-state index in [1.807, 2.05) is 36.4 Å². The van der Waals surface area contributed by atoms with Gasteiger partial charge in [0.15, 0.2) is 11.5 Å². The third-order valence-electron chi connectivity index (χ3n) is 5.00. The highest BCUT2D eigenvalue weighted by atomic mass is 79.9. The summed E-state index contributed by atoms with van der Waals surface area (Å²) in [7, 11) is 0. The van der Waals surface area contributed by atoms with Gasteiger partial charge in [-0.1, -0.05) is 76.1 Å². The molecule has 29 heavy (non-hydrogen) atoms. The monoisotopic (exact) mass is 462 g/mol. The molecule has 1 heterocycles. The largest absolute Gasteiger partial charge is 0.451 e. The van der Waals surface area contributed by atoms with Crippen LogP contribution in [-0.4, -0.2) is 11.6 Å². The van der Waals surface area contributed by atoms with E-state index in [9.17, 15) is 9.59 Å². The molecule has 0 radical (unpaired) electrons. The van der Waals surface area contributed by atoms with Crippen molar-refractivity contribution in [2.24, 2.45) is 0 Å². The Balaban J connectivity index is 1.83. The second-order valence-corrected chi connectivity index (χ2v) is 8.08. The predicted octanol–water partition coefficient (Wildman–Crippen LogP) is 6.80. The van der Waals surface area contributed by atoms with E-state index in [0.717, 1.165) is 15.6 Å². The molecule has 0 saturated heterocycles. The molecule has 0 atom stereocenters. The van der Waals surface area contributed by atoms with Crippen molar-refractivity contribution >= 4 is 39.1 Å². The van der Waals surface area contributed by atoms with Gasteiger partial charge in [-0.15, -0.1) is 0 Å². The lowest BCUT2D eigenvalue weighted by Gasteiger charge is -2.14. The molecule has 0 fully saturated rings. The molecule has 0 saturated carbocycles. The molecule has 0 bridgehead atoms. The van der Waals surface area contributed by atoms with Crippen molar-refractivity contribution in [2.45, 2.75) is 0 Å². The summed E-state index contributed by atoms with van der Waals surface area (Å²) in [6.07, 6.45) is 0. The number of halogens is 2. The summed E-state index contributed by atoms with van der Waals surface area (Å²) in [6.45, 7) is 0. The van der Waals surface area contributed by atoms with Crippen LogP contribution in [0.3, 0.4) is 0 Å². The molecule has 0 N–H and O–H groups in total. The average Bonchev–Trinajstić information content (AvgIpc) is 3.14.